The highest BCUT2D eigenvalue weighted by atomic mass is 19.4. The molecule has 0 spiro atoms. The van der Waals surface area contributed by atoms with Crippen LogP contribution in [0.5, 0.6) is 0 Å². The number of hydrogen-bond acceptors (Lipinski definition) is 3. The van der Waals surface area contributed by atoms with Crippen molar-refractivity contribution < 1.29 is 22.7 Å². The van der Waals surface area contributed by atoms with E-state index in [1.54, 1.807) is 0 Å². The SMILES string of the molecule is COC1(C(=O)N2CCC(C(F)(F)F)CC2)CCNCC1. The molecular weight excluding hydrogens is 273 g/mol. The van der Waals surface area contributed by atoms with Crippen molar-refractivity contribution in [1.82, 2.24) is 10.2 Å². The van der Waals surface area contributed by atoms with Gasteiger partial charge in [0.05, 0.1) is 5.92 Å². The predicted octanol–water partition coefficient (Wildman–Crippen LogP) is 1.56. The van der Waals surface area contributed by atoms with Crippen molar-refractivity contribution in [2.75, 3.05) is 33.3 Å². The number of piperidine rings is 2. The molecule has 2 heterocycles. The summed E-state index contributed by atoms with van der Waals surface area (Å²) in [4.78, 5) is 14.1. The first kappa shape index (κ1) is 15.6. The molecule has 0 bridgehead atoms. The van der Waals surface area contributed by atoms with Crippen LogP contribution in [0.15, 0.2) is 0 Å². The monoisotopic (exact) mass is 294 g/mol. The fourth-order valence-electron chi connectivity index (χ4n) is 3.03. The Morgan fingerprint density at radius 2 is 1.80 bits per heavy atom. The van der Waals surface area contributed by atoms with Crippen LogP contribution in [0.4, 0.5) is 13.2 Å². The standard InChI is InChI=1S/C13H21F3N2O2/c1-20-12(4-6-17-7-5-12)11(19)18-8-2-10(3-9-18)13(14,15)16/h10,17H,2-9H2,1H3. The number of nitrogens with zero attached hydrogens (tertiary/aromatic N) is 1. The van der Waals surface area contributed by atoms with E-state index in [0.717, 1.165) is 0 Å². The summed E-state index contributed by atoms with van der Waals surface area (Å²) in [5.41, 5.74) is -0.851. The highest BCUT2D eigenvalue weighted by Gasteiger charge is 2.46. The van der Waals surface area contributed by atoms with Crippen molar-refractivity contribution in [2.45, 2.75) is 37.5 Å². The molecule has 2 fully saturated rings. The van der Waals surface area contributed by atoms with Crippen LogP contribution in [0.3, 0.4) is 0 Å². The van der Waals surface area contributed by atoms with E-state index in [4.69, 9.17) is 4.74 Å². The van der Waals surface area contributed by atoms with Crippen LogP contribution >= 0.6 is 0 Å². The molecule has 2 aliphatic rings. The van der Waals surface area contributed by atoms with E-state index in [2.05, 4.69) is 5.32 Å². The smallest absolute Gasteiger partial charge is 0.368 e. The fourth-order valence-corrected chi connectivity index (χ4v) is 3.03. The minimum absolute atomic E-state index is 0.00666. The average molecular weight is 294 g/mol. The van der Waals surface area contributed by atoms with Gasteiger partial charge in [-0.05, 0) is 38.8 Å². The molecule has 20 heavy (non-hydrogen) atoms. The number of amides is 1. The first-order valence-electron chi connectivity index (χ1n) is 7.01. The molecule has 0 atom stereocenters. The number of hydrogen-bond donors (Lipinski definition) is 1. The third-order valence-electron chi connectivity index (χ3n) is 4.44. The van der Waals surface area contributed by atoms with Gasteiger partial charge >= 0.3 is 6.18 Å². The zero-order valence-electron chi connectivity index (χ0n) is 11.6. The lowest BCUT2D eigenvalue weighted by Crippen LogP contribution is -2.57. The Labute approximate surface area is 116 Å². The van der Waals surface area contributed by atoms with Gasteiger partial charge in [-0.15, -0.1) is 0 Å². The molecule has 0 aromatic carbocycles. The first-order chi connectivity index (χ1) is 9.39. The number of rotatable bonds is 2. The van der Waals surface area contributed by atoms with Gasteiger partial charge in [0.15, 0.2) is 0 Å². The molecular formula is C13H21F3N2O2. The molecule has 0 unspecified atom stereocenters. The molecule has 0 radical (unpaired) electrons. The van der Waals surface area contributed by atoms with Crippen LogP contribution in [0.25, 0.3) is 0 Å². The highest BCUT2D eigenvalue weighted by molar-refractivity contribution is 5.85. The van der Waals surface area contributed by atoms with Crippen LogP contribution in [-0.4, -0.2) is 55.9 Å². The van der Waals surface area contributed by atoms with Crippen molar-refractivity contribution in [3.8, 4) is 0 Å². The van der Waals surface area contributed by atoms with E-state index in [1.165, 1.54) is 12.0 Å². The van der Waals surface area contributed by atoms with Crippen LogP contribution < -0.4 is 5.32 Å². The molecule has 0 saturated carbocycles. The number of alkyl halides is 3. The summed E-state index contributed by atoms with van der Waals surface area (Å²) in [7, 11) is 1.51. The lowest BCUT2D eigenvalue weighted by atomic mass is 9.88. The number of carbonyl (C=O) groups excluding carboxylic acids is 1. The normalized spacial score (nSPS) is 24.7. The van der Waals surface area contributed by atoms with Gasteiger partial charge in [-0.3, -0.25) is 4.79 Å². The Kier molecular flexibility index (Phi) is 4.59. The molecule has 2 saturated heterocycles. The summed E-state index contributed by atoms with van der Waals surface area (Å²) in [6, 6.07) is 0. The van der Waals surface area contributed by atoms with E-state index in [1.807, 2.05) is 0 Å². The number of likely N-dealkylation sites (tertiary alicyclic amines) is 1. The van der Waals surface area contributed by atoms with Crippen LogP contribution in [0.1, 0.15) is 25.7 Å². The average Bonchev–Trinajstić information content (AvgIpc) is 2.46. The molecule has 7 heteroatoms. The maximum absolute atomic E-state index is 12.6. The number of halogens is 3. The van der Waals surface area contributed by atoms with E-state index >= 15 is 0 Å². The number of nitrogens with one attached hydrogen (secondary N) is 1. The minimum Gasteiger partial charge on any atom is -0.368 e. The lowest BCUT2D eigenvalue weighted by molar-refractivity contribution is -0.190. The zero-order valence-corrected chi connectivity index (χ0v) is 11.6. The Balaban J connectivity index is 1.97. The molecule has 2 aliphatic heterocycles. The minimum atomic E-state index is -4.15. The Bertz CT molecular complexity index is 346. The Morgan fingerprint density at radius 1 is 1.25 bits per heavy atom. The molecule has 0 aromatic rings. The Hall–Kier alpha value is -0.820. The van der Waals surface area contributed by atoms with Gasteiger partial charge in [0.25, 0.3) is 5.91 Å². The summed E-state index contributed by atoms with van der Waals surface area (Å²) in [6.07, 6.45) is -3.02. The van der Waals surface area contributed by atoms with E-state index in [0.29, 0.717) is 25.9 Å². The van der Waals surface area contributed by atoms with Gasteiger partial charge in [-0.2, -0.15) is 13.2 Å². The molecule has 0 aliphatic carbocycles. The second kappa shape index (κ2) is 5.89. The number of ether oxygens (including phenoxy) is 1. The van der Waals surface area contributed by atoms with Crippen LogP contribution in [0, 0.1) is 5.92 Å². The summed E-state index contributed by atoms with van der Waals surface area (Å²) >= 11 is 0. The summed E-state index contributed by atoms with van der Waals surface area (Å²) in [5.74, 6) is -1.43. The number of methoxy groups -OCH3 is 1. The quantitative estimate of drug-likeness (QED) is 0.840. The van der Waals surface area contributed by atoms with Crippen molar-refractivity contribution in [2.24, 2.45) is 5.92 Å². The molecule has 2 rings (SSSR count). The maximum atomic E-state index is 12.6. The summed E-state index contributed by atoms with van der Waals surface area (Å²) in [5, 5.41) is 3.16. The second-order valence-corrected chi connectivity index (χ2v) is 5.56. The van der Waals surface area contributed by atoms with Gasteiger partial charge in [-0.1, -0.05) is 0 Å². The summed E-state index contributed by atoms with van der Waals surface area (Å²) < 4.78 is 43.3. The maximum Gasteiger partial charge on any atom is 0.391 e. The first-order valence-corrected chi connectivity index (χ1v) is 7.01. The summed E-state index contributed by atoms with van der Waals surface area (Å²) in [6.45, 7) is 1.72. The highest BCUT2D eigenvalue weighted by Crippen LogP contribution is 2.35. The van der Waals surface area contributed by atoms with E-state index < -0.39 is 17.7 Å². The lowest BCUT2D eigenvalue weighted by Gasteiger charge is -2.41. The topological polar surface area (TPSA) is 41.6 Å². The van der Waals surface area contributed by atoms with Crippen LogP contribution in [-0.2, 0) is 9.53 Å². The van der Waals surface area contributed by atoms with Gasteiger partial charge in [-0.25, -0.2) is 0 Å². The van der Waals surface area contributed by atoms with E-state index in [9.17, 15) is 18.0 Å². The van der Waals surface area contributed by atoms with Gasteiger partial charge < -0.3 is 15.0 Å². The van der Waals surface area contributed by atoms with Gasteiger partial charge in [0, 0.05) is 20.2 Å². The molecule has 1 amide bonds. The third-order valence-corrected chi connectivity index (χ3v) is 4.44. The fraction of sp³-hybridized carbons (Fsp3) is 0.923. The molecule has 116 valence electrons. The largest absolute Gasteiger partial charge is 0.391 e. The van der Waals surface area contributed by atoms with Crippen molar-refractivity contribution in [3.63, 3.8) is 0 Å². The van der Waals surface area contributed by atoms with Crippen LogP contribution in [0.2, 0.25) is 0 Å². The van der Waals surface area contributed by atoms with Crippen molar-refractivity contribution in [3.05, 3.63) is 0 Å². The van der Waals surface area contributed by atoms with Crippen molar-refractivity contribution in [1.29, 1.82) is 0 Å². The molecule has 4 nitrogen and oxygen atoms in total. The van der Waals surface area contributed by atoms with E-state index in [-0.39, 0.29) is 31.8 Å². The Morgan fingerprint density at radius 3 is 2.25 bits per heavy atom. The second-order valence-electron chi connectivity index (χ2n) is 5.56. The predicted molar refractivity (Wildman–Crippen MR) is 67.2 cm³/mol. The van der Waals surface area contributed by atoms with Gasteiger partial charge in [0.1, 0.15) is 5.60 Å². The number of carbonyl (C=O) groups is 1. The molecule has 0 aromatic heterocycles. The van der Waals surface area contributed by atoms with Crippen molar-refractivity contribution >= 4 is 5.91 Å². The zero-order chi connectivity index (χ0) is 14.8. The molecule has 1 N–H and O–H groups in total. The van der Waals surface area contributed by atoms with Gasteiger partial charge in [0.2, 0.25) is 0 Å². The third kappa shape index (κ3) is 3.09.